The van der Waals surface area contributed by atoms with Gasteiger partial charge in [-0.1, -0.05) is 38.0 Å². The SMILES string of the molecule is CC1CCCC(OCC(N)c2cc3ccccc3o2)C1. The van der Waals surface area contributed by atoms with E-state index < -0.39 is 0 Å². The summed E-state index contributed by atoms with van der Waals surface area (Å²) in [6.07, 6.45) is 5.29. The molecule has 0 amide bonds. The first kappa shape index (κ1) is 13.7. The number of fused-ring (bicyclic) bond motifs is 1. The summed E-state index contributed by atoms with van der Waals surface area (Å²) in [5, 5.41) is 1.10. The molecule has 0 bridgehead atoms. The topological polar surface area (TPSA) is 48.4 Å². The lowest BCUT2D eigenvalue weighted by molar-refractivity contribution is 0.00652. The maximum Gasteiger partial charge on any atom is 0.134 e. The average Bonchev–Trinajstić information content (AvgIpc) is 2.89. The molecule has 1 heterocycles. The molecule has 2 aromatic rings. The van der Waals surface area contributed by atoms with Crippen molar-refractivity contribution < 1.29 is 9.15 Å². The van der Waals surface area contributed by atoms with Crippen molar-refractivity contribution in [1.29, 1.82) is 0 Å². The van der Waals surface area contributed by atoms with Gasteiger partial charge in [0.25, 0.3) is 0 Å². The lowest BCUT2D eigenvalue weighted by Gasteiger charge is -2.27. The highest BCUT2D eigenvalue weighted by molar-refractivity contribution is 5.77. The van der Waals surface area contributed by atoms with Gasteiger partial charge in [-0.3, -0.25) is 0 Å². The van der Waals surface area contributed by atoms with E-state index in [1.807, 2.05) is 30.3 Å². The largest absolute Gasteiger partial charge is 0.459 e. The molecule has 1 aliphatic carbocycles. The fraction of sp³-hybridized carbons (Fsp3) is 0.529. The Bertz CT molecular complexity index is 530. The molecule has 3 heteroatoms. The van der Waals surface area contributed by atoms with Crippen LogP contribution in [0.5, 0.6) is 0 Å². The third-order valence-electron chi connectivity index (χ3n) is 4.21. The quantitative estimate of drug-likeness (QED) is 0.915. The molecule has 20 heavy (non-hydrogen) atoms. The lowest BCUT2D eigenvalue weighted by atomic mass is 9.89. The Balaban J connectivity index is 1.59. The Morgan fingerprint density at radius 1 is 1.35 bits per heavy atom. The van der Waals surface area contributed by atoms with Gasteiger partial charge in [-0.25, -0.2) is 0 Å². The minimum atomic E-state index is -0.181. The number of nitrogens with two attached hydrogens (primary N) is 1. The van der Waals surface area contributed by atoms with Crippen molar-refractivity contribution in [3.8, 4) is 0 Å². The average molecular weight is 273 g/mol. The third-order valence-corrected chi connectivity index (χ3v) is 4.21. The Morgan fingerprint density at radius 3 is 3.00 bits per heavy atom. The summed E-state index contributed by atoms with van der Waals surface area (Å²) >= 11 is 0. The van der Waals surface area contributed by atoms with E-state index in [0.29, 0.717) is 12.7 Å². The fourth-order valence-corrected chi connectivity index (χ4v) is 3.04. The standard InChI is InChI=1S/C17H23NO2/c1-12-5-4-7-14(9-12)19-11-15(18)17-10-13-6-2-3-8-16(13)20-17/h2-3,6,8,10,12,14-15H,4-5,7,9,11,18H2,1H3. The second-order valence-electron chi connectivity index (χ2n) is 6.02. The second-order valence-corrected chi connectivity index (χ2v) is 6.02. The molecular weight excluding hydrogens is 250 g/mol. The normalized spacial score (nSPS) is 24.9. The molecule has 3 unspecified atom stereocenters. The summed E-state index contributed by atoms with van der Waals surface area (Å²) in [6.45, 7) is 2.84. The van der Waals surface area contributed by atoms with Crippen LogP contribution in [0.2, 0.25) is 0 Å². The summed E-state index contributed by atoms with van der Waals surface area (Å²) in [5.41, 5.74) is 7.08. The van der Waals surface area contributed by atoms with Crippen molar-refractivity contribution >= 4 is 11.0 Å². The monoisotopic (exact) mass is 273 g/mol. The van der Waals surface area contributed by atoms with E-state index in [0.717, 1.165) is 35.5 Å². The minimum absolute atomic E-state index is 0.181. The zero-order valence-electron chi connectivity index (χ0n) is 12.0. The van der Waals surface area contributed by atoms with E-state index in [1.54, 1.807) is 0 Å². The van der Waals surface area contributed by atoms with Gasteiger partial charge in [-0.15, -0.1) is 0 Å². The van der Waals surface area contributed by atoms with E-state index >= 15 is 0 Å². The van der Waals surface area contributed by atoms with Crippen LogP contribution >= 0.6 is 0 Å². The molecule has 108 valence electrons. The molecule has 1 aliphatic rings. The smallest absolute Gasteiger partial charge is 0.134 e. The van der Waals surface area contributed by atoms with Gasteiger partial charge in [-0.2, -0.15) is 0 Å². The predicted octanol–water partition coefficient (Wildman–Crippen LogP) is 4.03. The van der Waals surface area contributed by atoms with Crippen LogP contribution in [-0.4, -0.2) is 12.7 Å². The third kappa shape index (κ3) is 3.05. The van der Waals surface area contributed by atoms with Gasteiger partial charge in [-0.05, 0) is 30.9 Å². The van der Waals surface area contributed by atoms with Gasteiger partial charge in [0.15, 0.2) is 0 Å². The van der Waals surface area contributed by atoms with Crippen LogP contribution in [0.4, 0.5) is 0 Å². The van der Waals surface area contributed by atoms with Crippen LogP contribution in [0.25, 0.3) is 11.0 Å². The number of rotatable bonds is 4. The van der Waals surface area contributed by atoms with Gasteiger partial charge in [0, 0.05) is 5.39 Å². The molecule has 0 spiro atoms. The molecule has 1 aromatic carbocycles. The van der Waals surface area contributed by atoms with E-state index in [9.17, 15) is 0 Å². The van der Waals surface area contributed by atoms with Crippen LogP contribution < -0.4 is 5.73 Å². The Labute approximate surface area is 120 Å². The van der Waals surface area contributed by atoms with Crippen molar-refractivity contribution in [3.05, 3.63) is 36.1 Å². The van der Waals surface area contributed by atoms with Gasteiger partial charge in [0.05, 0.1) is 18.8 Å². The van der Waals surface area contributed by atoms with E-state index in [2.05, 4.69) is 6.92 Å². The first-order valence-electron chi connectivity index (χ1n) is 7.58. The molecule has 0 radical (unpaired) electrons. The van der Waals surface area contributed by atoms with Crippen LogP contribution in [-0.2, 0) is 4.74 Å². The summed E-state index contributed by atoms with van der Waals surface area (Å²) < 4.78 is 11.8. The van der Waals surface area contributed by atoms with E-state index in [4.69, 9.17) is 14.9 Å². The predicted molar refractivity (Wildman–Crippen MR) is 80.5 cm³/mol. The molecule has 1 aromatic heterocycles. The number of ether oxygens (including phenoxy) is 1. The Morgan fingerprint density at radius 2 is 2.20 bits per heavy atom. The Hall–Kier alpha value is -1.32. The number of furan rings is 1. The van der Waals surface area contributed by atoms with Gasteiger partial charge < -0.3 is 14.9 Å². The number of hydrogen-bond donors (Lipinski definition) is 1. The molecule has 3 atom stereocenters. The zero-order chi connectivity index (χ0) is 13.9. The number of para-hydroxylation sites is 1. The molecule has 1 fully saturated rings. The first-order valence-corrected chi connectivity index (χ1v) is 7.58. The lowest BCUT2D eigenvalue weighted by Crippen LogP contribution is -2.26. The van der Waals surface area contributed by atoms with E-state index in [1.165, 1.54) is 12.8 Å². The molecule has 0 saturated heterocycles. The summed E-state index contributed by atoms with van der Waals surface area (Å²) in [5.74, 6) is 1.59. The van der Waals surface area contributed by atoms with Crippen LogP contribution in [0.15, 0.2) is 34.7 Å². The zero-order valence-corrected chi connectivity index (χ0v) is 12.0. The molecule has 2 N–H and O–H groups in total. The molecule has 0 aliphatic heterocycles. The van der Waals surface area contributed by atoms with Crippen molar-refractivity contribution in [3.63, 3.8) is 0 Å². The van der Waals surface area contributed by atoms with Gasteiger partial charge in [0.1, 0.15) is 11.3 Å². The number of hydrogen-bond acceptors (Lipinski definition) is 3. The minimum Gasteiger partial charge on any atom is -0.459 e. The molecule has 1 saturated carbocycles. The van der Waals surface area contributed by atoms with Gasteiger partial charge in [0.2, 0.25) is 0 Å². The fourth-order valence-electron chi connectivity index (χ4n) is 3.04. The van der Waals surface area contributed by atoms with Crippen molar-refractivity contribution in [2.24, 2.45) is 11.7 Å². The first-order chi connectivity index (χ1) is 9.72. The van der Waals surface area contributed by atoms with Crippen molar-refractivity contribution in [2.75, 3.05) is 6.61 Å². The highest BCUT2D eigenvalue weighted by atomic mass is 16.5. The van der Waals surface area contributed by atoms with Crippen molar-refractivity contribution in [2.45, 2.75) is 44.8 Å². The van der Waals surface area contributed by atoms with Crippen LogP contribution in [0.1, 0.15) is 44.4 Å². The highest BCUT2D eigenvalue weighted by Gasteiger charge is 2.21. The second kappa shape index (κ2) is 5.98. The summed E-state index contributed by atoms with van der Waals surface area (Å²) in [6, 6.07) is 9.83. The van der Waals surface area contributed by atoms with Gasteiger partial charge >= 0.3 is 0 Å². The Kier molecular flexibility index (Phi) is 4.08. The molecule has 3 rings (SSSR count). The van der Waals surface area contributed by atoms with Crippen LogP contribution in [0.3, 0.4) is 0 Å². The maximum absolute atomic E-state index is 6.19. The summed E-state index contributed by atoms with van der Waals surface area (Å²) in [7, 11) is 0. The van der Waals surface area contributed by atoms with Crippen LogP contribution in [0, 0.1) is 5.92 Å². The highest BCUT2D eigenvalue weighted by Crippen LogP contribution is 2.27. The van der Waals surface area contributed by atoms with E-state index in [-0.39, 0.29) is 6.04 Å². The molecular formula is C17H23NO2. The van der Waals surface area contributed by atoms with Crippen molar-refractivity contribution in [1.82, 2.24) is 0 Å². The number of benzene rings is 1. The summed E-state index contributed by atoms with van der Waals surface area (Å²) in [4.78, 5) is 0. The maximum atomic E-state index is 6.19. The molecule has 3 nitrogen and oxygen atoms in total.